The predicted octanol–water partition coefficient (Wildman–Crippen LogP) is 3.25. The number of aromatic nitrogens is 1. The first kappa shape index (κ1) is 21.3. The summed E-state index contributed by atoms with van der Waals surface area (Å²) in [6.45, 7) is 1.30. The van der Waals surface area contributed by atoms with Gasteiger partial charge in [0, 0.05) is 11.9 Å². The van der Waals surface area contributed by atoms with Crippen molar-refractivity contribution in [2.75, 3.05) is 10.7 Å². The highest BCUT2D eigenvalue weighted by molar-refractivity contribution is 9.10. The van der Waals surface area contributed by atoms with Crippen LogP contribution in [0.15, 0.2) is 41.0 Å². The van der Waals surface area contributed by atoms with Gasteiger partial charge in [-0.1, -0.05) is 6.07 Å². The maximum absolute atomic E-state index is 12.8. The van der Waals surface area contributed by atoms with Crippen LogP contribution in [0.4, 0.5) is 23.7 Å². The Hall–Kier alpha value is -3.02. The Morgan fingerprint density at radius 2 is 1.89 bits per heavy atom. The number of hydrogen-bond donors (Lipinski definition) is 4. The van der Waals surface area contributed by atoms with Crippen molar-refractivity contribution in [3.63, 3.8) is 0 Å². The molecule has 0 bridgehead atoms. The minimum absolute atomic E-state index is 0.0910. The van der Waals surface area contributed by atoms with E-state index in [2.05, 4.69) is 26.7 Å². The van der Waals surface area contributed by atoms with Gasteiger partial charge in [0.1, 0.15) is 11.7 Å². The van der Waals surface area contributed by atoms with Gasteiger partial charge in [0.2, 0.25) is 0 Å². The first-order chi connectivity index (χ1) is 13.0. The molecule has 0 aliphatic carbocycles. The van der Waals surface area contributed by atoms with Crippen molar-refractivity contribution in [2.24, 2.45) is 0 Å². The van der Waals surface area contributed by atoms with Gasteiger partial charge in [0.05, 0.1) is 10.0 Å². The number of amides is 3. The van der Waals surface area contributed by atoms with Crippen LogP contribution in [0, 0.1) is 0 Å². The molecule has 0 spiro atoms. The summed E-state index contributed by atoms with van der Waals surface area (Å²) < 4.78 is 39.7. The number of hydrogen-bond acceptors (Lipinski definition) is 3. The summed E-state index contributed by atoms with van der Waals surface area (Å²) in [5.74, 6) is -1.55. The molecule has 0 saturated heterocycles. The molecule has 1 aromatic heterocycles. The van der Waals surface area contributed by atoms with E-state index in [0.29, 0.717) is 0 Å². The molecule has 150 valence electrons. The second-order valence-corrected chi connectivity index (χ2v) is 6.42. The molecule has 0 saturated carbocycles. The van der Waals surface area contributed by atoms with E-state index >= 15 is 0 Å². The van der Waals surface area contributed by atoms with Gasteiger partial charge in [-0.2, -0.15) is 13.2 Å². The van der Waals surface area contributed by atoms with Gasteiger partial charge in [-0.05, 0) is 47.1 Å². The average molecular weight is 463 g/mol. The molecule has 0 aliphatic heterocycles. The number of carbonyl (C=O) groups is 3. The fourth-order valence-corrected chi connectivity index (χ4v) is 2.64. The maximum Gasteiger partial charge on any atom is 0.416 e. The summed E-state index contributed by atoms with van der Waals surface area (Å²) in [7, 11) is 0. The highest BCUT2D eigenvalue weighted by Crippen LogP contribution is 2.31. The van der Waals surface area contributed by atoms with Crippen LogP contribution in [0.25, 0.3) is 0 Å². The Balaban J connectivity index is 2.20. The molecule has 4 N–H and O–H groups in total. The molecular weight excluding hydrogens is 449 g/mol. The fourth-order valence-electron chi connectivity index (χ4n) is 2.15. The van der Waals surface area contributed by atoms with Crippen molar-refractivity contribution in [1.29, 1.82) is 0 Å². The minimum atomic E-state index is -4.57. The molecule has 1 heterocycles. The topological polar surface area (TPSA) is 112 Å². The lowest BCUT2D eigenvalue weighted by Crippen LogP contribution is -2.43. The van der Waals surface area contributed by atoms with Crippen LogP contribution < -0.4 is 16.1 Å². The van der Waals surface area contributed by atoms with Crippen LogP contribution in [-0.2, 0) is 11.0 Å². The summed E-state index contributed by atoms with van der Waals surface area (Å²) in [6, 6.07) is 4.38. The van der Waals surface area contributed by atoms with Gasteiger partial charge in [0.15, 0.2) is 0 Å². The van der Waals surface area contributed by atoms with Crippen molar-refractivity contribution in [1.82, 2.24) is 9.99 Å². The van der Waals surface area contributed by atoms with E-state index in [4.69, 9.17) is 5.11 Å². The van der Waals surface area contributed by atoms with E-state index in [9.17, 15) is 27.6 Å². The van der Waals surface area contributed by atoms with E-state index in [-0.39, 0.29) is 15.9 Å². The molecule has 0 aliphatic rings. The quantitative estimate of drug-likeness (QED) is 0.546. The standard InChI is InChI=1S/C16H14BrF3N4O4/c1-8(21-15(27)28)13(25)23-24-6-5-11(17)12(24)14(26)22-10-4-2-3-9(7-10)16(18,19)20/h2-8,21H,1H3,(H,22,26)(H,23,25)(H,27,28). The molecule has 0 fully saturated rings. The van der Waals surface area contributed by atoms with Crippen LogP contribution in [0.3, 0.4) is 0 Å². The number of carbonyl (C=O) groups excluding carboxylic acids is 2. The first-order valence-corrected chi connectivity index (χ1v) is 8.44. The Morgan fingerprint density at radius 3 is 2.50 bits per heavy atom. The third-order valence-corrected chi connectivity index (χ3v) is 4.10. The molecule has 1 unspecified atom stereocenters. The molecule has 8 nitrogen and oxygen atoms in total. The second-order valence-electron chi connectivity index (χ2n) is 5.56. The van der Waals surface area contributed by atoms with E-state index in [0.717, 1.165) is 22.9 Å². The largest absolute Gasteiger partial charge is 0.465 e. The zero-order valence-corrected chi connectivity index (χ0v) is 15.8. The highest BCUT2D eigenvalue weighted by atomic mass is 79.9. The maximum atomic E-state index is 12.8. The SMILES string of the molecule is CC(NC(=O)O)C(=O)Nn1ccc(Br)c1C(=O)Nc1cccc(C(F)(F)F)c1. The van der Waals surface area contributed by atoms with Crippen LogP contribution in [0.1, 0.15) is 23.0 Å². The smallest absolute Gasteiger partial charge is 0.416 e. The number of rotatable bonds is 5. The zero-order chi connectivity index (χ0) is 21.1. The molecule has 12 heteroatoms. The Bertz CT molecular complexity index is 914. The van der Waals surface area contributed by atoms with Crippen molar-refractivity contribution in [3.05, 3.63) is 52.3 Å². The Labute approximate surface area is 164 Å². The second kappa shape index (κ2) is 8.33. The number of carboxylic acid groups (broad SMARTS) is 1. The van der Waals surface area contributed by atoms with Gasteiger partial charge >= 0.3 is 12.3 Å². The molecule has 3 amide bonds. The Morgan fingerprint density at radius 1 is 1.21 bits per heavy atom. The number of halogens is 4. The lowest BCUT2D eigenvalue weighted by Gasteiger charge is -2.15. The van der Waals surface area contributed by atoms with Crippen molar-refractivity contribution < 1.29 is 32.7 Å². The number of nitrogens with one attached hydrogen (secondary N) is 3. The molecular formula is C16H14BrF3N4O4. The van der Waals surface area contributed by atoms with Crippen molar-refractivity contribution in [3.8, 4) is 0 Å². The predicted molar refractivity (Wildman–Crippen MR) is 96.5 cm³/mol. The summed E-state index contributed by atoms with van der Waals surface area (Å²) in [5.41, 5.74) is 1.20. The van der Waals surface area contributed by atoms with Crippen LogP contribution in [-0.4, -0.2) is 33.7 Å². The van der Waals surface area contributed by atoms with Gasteiger partial charge < -0.3 is 15.7 Å². The third-order valence-electron chi connectivity index (χ3n) is 3.46. The number of nitrogens with zero attached hydrogens (tertiary/aromatic N) is 1. The number of anilines is 1. The lowest BCUT2D eigenvalue weighted by molar-refractivity contribution is -0.137. The third kappa shape index (κ3) is 5.25. The summed E-state index contributed by atoms with van der Waals surface area (Å²) >= 11 is 3.12. The highest BCUT2D eigenvalue weighted by Gasteiger charge is 2.30. The molecule has 28 heavy (non-hydrogen) atoms. The molecule has 1 aromatic carbocycles. The molecule has 1 atom stereocenters. The summed E-state index contributed by atoms with van der Waals surface area (Å²) in [6.07, 6.45) is -4.65. The normalized spacial score (nSPS) is 12.2. The molecule has 2 aromatic rings. The van der Waals surface area contributed by atoms with E-state index in [1.807, 2.05) is 5.32 Å². The van der Waals surface area contributed by atoms with Crippen LogP contribution >= 0.6 is 15.9 Å². The minimum Gasteiger partial charge on any atom is -0.465 e. The van der Waals surface area contributed by atoms with Crippen LogP contribution in [0.2, 0.25) is 0 Å². The van der Waals surface area contributed by atoms with Gasteiger partial charge in [0.25, 0.3) is 11.8 Å². The zero-order valence-electron chi connectivity index (χ0n) is 14.2. The number of alkyl halides is 3. The monoisotopic (exact) mass is 462 g/mol. The van der Waals surface area contributed by atoms with Crippen molar-refractivity contribution >= 4 is 39.5 Å². The van der Waals surface area contributed by atoms with E-state index < -0.39 is 35.7 Å². The fraction of sp³-hybridized carbons (Fsp3) is 0.188. The first-order valence-electron chi connectivity index (χ1n) is 7.65. The van der Waals surface area contributed by atoms with Gasteiger partial charge in [-0.25, -0.2) is 4.79 Å². The average Bonchev–Trinajstić information content (AvgIpc) is 2.94. The number of benzene rings is 1. The molecule has 0 radical (unpaired) electrons. The van der Waals surface area contributed by atoms with E-state index in [1.165, 1.54) is 25.3 Å². The lowest BCUT2D eigenvalue weighted by atomic mass is 10.2. The Kier molecular flexibility index (Phi) is 6.33. The molecule has 2 rings (SSSR count). The van der Waals surface area contributed by atoms with Crippen molar-refractivity contribution in [2.45, 2.75) is 19.1 Å². The van der Waals surface area contributed by atoms with Gasteiger partial charge in [-0.15, -0.1) is 0 Å². The summed E-state index contributed by atoms with van der Waals surface area (Å²) in [4.78, 5) is 35.1. The van der Waals surface area contributed by atoms with Gasteiger partial charge in [-0.3, -0.25) is 19.7 Å². The summed E-state index contributed by atoms with van der Waals surface area (Å²) in [5, 5.41) is 12.9. The van der Waals surface area contributed by atoms with Crippen LogP contribution in [0.5, 0.6) is 0 Å². The van der Waals surface area contributed by atoms with E-state index in [1.54, 1.807) is 0 Å².